The second-order valence-corrected chi connectivity index (χ2v) is 16.8. The van der Waals surface area contributed by atoms with Crippen LogP contribution in [-0.2, 0) is 22.4 Å². The quantitative estimate of drug-likeness (QED) is 0.313. The van der Waals surface area contributed by atoms with Crippen molar-refractivity contribution in [1.29, 1.82) is 0 Å². The maximum Gasteiger partial charge on any atom is 0.190 e. The average molecular weight is 619 g/mol. The van der Waals surface area contributed by atoms with E-state index in [-0.39, 0.29) is 34.1 Å². The van der Waals surface area contributed by atoms with Gasteiger partial charge in [0.1, 0.15) is 0 Å². The molecule has 244 valence electrons. The first kappa shape index (κ1) is 32.9. The van der Waals surface area contributed by atoms with Gasteiger partial charge in [-0.15, -0.1) is 0 Å². The Balaban J connectivity index is 1.45. The molecule has 0 aliphatic heterocycles. The van der Waals surface area contributed by atoms with E-state index in [1.807, 2.05) is 20.8 Å². The zero-order valence-corrected chi connectivity index (χ0v) is 30.0. The first-order valence-corrected chi connectivity index (χ1v) is 17.8. The predicted octanol–water partition coefficient (Wildman–Crippen LogP) is 10.5. The largest absolute Gasteiger partial charge is 0.294 e. The maximum absolute atomic E-state index is 15.0. The first-order valence-electron chi connectivity index (χ1n) is 17.8. The minimum Gasteiger partial charge on any atom is -0.294 e. The average Bonchev–Trinajstić information content (AvgIpc) is 2.96. The molecule has 0 aromatic heterocycles. The van der Waals surface area contributed by atoms with Gasteiger partial charge in [-0.05, 0) is 130 Å². The summed E-state index contributed by atoms with van der Waals surface area (Å²) in [6.45, 7) is 20.9. The molecule has 1 fully saturated rings. The van der Waals surface area contributed by atoms with Crippen molar-refractivity contribution < 1.29 is 14.4 Å². The smallest absolute Gasteiger partial charge is 0.190 e. The fourth-order valence-electron chi connectivity index (χ4n) is 10.5. The number of hydrogen-bond donors (Lipinski definition) is 0. The van der Waals surface area contributed by atoms with Gasteiger partial charge in [-0.1, -0.05) is 88.9 Å². The highest BCUT2D eigenvalue weighted by molar-refractivity contribution is 6.24. The summed E-state index contributed by atoms with van der Waals surface area (Å²) in [7, 11) is 0. The lowest BCUT2D eigenvalue weighted by Crippen LogP contribution is -2.57. The number of allylic oxidation sites excluding steroid dienone is 4. The molecule has 4 aliphatic rings. The van der Waals surface area contributed by atoms with Crippen molar-refractivity contribution in [2.45, 2.75) is 127 Å². The fraction of sp³-hybridized carbons (Fsp3) is 0.558. The van der Waals surface area contributed by atoms with E-state index in [1.165, 1.54) is 49.3 Å². The zero-order valence-electron chi connectivity index (χ0n) is 30.0. The van der Waals surface area contributed by atoms with Gasteiger partial charge < -0.3 is 0 Å². The standard InChI is InChI=1S/C43H54O3/c1-24(2)33-20-34(32-17-15-31(16-18-32)19-30-13-11-25(3)12-14-30)27(5)37-35(33)22-41(8)23-42(9)21-26(4)36(29(7)44)40(46)43(42,10)28(6)38(41)39(37)45/h15-18,20,24-25,30H,11-14,19,21-23H2,1-10H3/t25?,30?,41-,42+,43+/m1/s1. The minimum atomic E-state index is -0.895. The number of benzene rings is 2. The summed E-state index contributed by atoms with van der Waals surface area (Å²) in [6, 6.07) is 11.5. The molecule has 46 heavy (non-hydrogen) atoms. The Morgan fingerprint density at radius 3 is 2.15 bits per heavy atom. The van der Waals surface area contributed by atoms with Crippen molar-refractivity contribution in [2.24, 2.45) is 28.1 Å². The molecule has 3 atom stereocenters. The molecule has 0 bridgehead atoms. The Kier molecular flexibility index (Phi) is 8.05. The summed E-state index contributed by atoms with van der Waals surface area (Å²) in [5, 5.41) is 0. The first-order chi connectivity index (χ1) is 21.5. The van der Waals surface area contributed by atoms with Gasteiger partial charge in [-0.3, -0.25) is 14.4 Å². The van der Waals surface area contributed by atoms with Crippen LogP contribution in [-0.4, -0.2) is 17.3 Å². The van der Waals surface area contributed by atoms with Gasteiger partial charge in [0.2, 0.25) is 0 Å². The van der Waals surface area contributed by atoms with Crippen LogP contribution in [0.1, 0.15) is 139 Å². The third kappa shape index (κ3) is 4.86. The third-order valence-electron chi connectivity index (χ3n) is 13.1. The van der Waals surface area contributed by atoms with Crippen molar-refractivity contribution in [3.8, 4) is 11.1 Å². The third-order valence-corrected chi connectivity index (χ3v) is 13.1. The Morgan fingerprint density at radius 2 is 1.57 bits per heavy atom. The molecule has 0 saturated heterocycles. The minimum absolute atomic E-state index is 0.0809. The molecule has 3 nitrogen and oxygen atoms in total. The molecule has 0 spiro atoms. The molecule has 4 aliphatic carbocycles. The topological polar surface area (TPSA) is 51.2 Å². The number of Topliss-reactive ketones (excluding diaryl/α,β-unsaturated/α-hetero) is 3. The van der Waals surface area contributed by atoms with Crippen LogP contribution in [0.5, 0.6) is 0 Å². The van der Waals surface area contributed by atoms with Crippen molar-refractivity contribution in [3.05, 3.63) is 80.4 Å². The van der Waals surface area contributed by atoms with E-state index in [0.29, 0.717) is 12.0 Å². The van der Waals surface area contributed by atoms with Gasteiger partial charge >= 0.3 is 0 Å². The van der Waals surface area contributed by atoms with E-state index in [0.717, 1.165) is 70.1 Å². The molecule has 1 saturated carbocycles. The van der Waals surface area contributed by atoms with Gasteiger partial charge in [0.25, 0.3) is 0 Å². The fourth-order valence-corrected chi connectivity index (χ4v) is 10.5. The second-order valence-electron chi connectivity index (χ2n) is 16.8. The van der Waals surface area contributed by atoms with Crippen molar-refractivity contribution in [3.63, 3.8) is 0 Å². The van der Waals surface area contributed by atoms with E-state index in [2.05, 4.69) is 71.9 Å². The Labute approximate surface area is 277 Å². The predicted molar refractivity (Wildman–Crippen MR) is 188 cm³/mol. The molecular formula is C43H54O3. The maximum atomic E-state index is 15.0. The highest BCUT2D eigenvalue weighted by atomic mass is 16.2. The summed E-state index contributed by atoms with van der Waals surface area (Å²) in [6.07, 6.45) is 8.72. The van der Waals surface area contributed by atoms with E-state index < -0.39 is 5.41 Å². The molecule has 0 amide bonds. The lowest BCUT2D eigenvalue weighted by atomic mass is 9.42. The number of fused-ring (bicyclic) bond motifs is 3. The molecule has 6 rings (SSSR count). The van der Waals surface area contributed by atoms with Gasteiger partial charge in [0, 0.05) is 16.6 Å². The van der Waals surface area contributed by atoms with Crippen molar-refractivity contribution in [1.82, 2.24) is 0 Å². The Bertz CT molecular complexity index is 1710. The molecule has 3 heteroatoms. The van der Waals surface area contributed by atoms with Crippen LogP contribution in [0.25, 0.3) is 11.1 Å². The van der Waals surface area contributed by atoms with Gasteiger partial charge in [-0.25, -0.2) is 0 Å². The van der Waals surface area contributed by atoms with Gasteiger partial charge in [0.15, 0.2) is 17.3 Å². The number of carbonyl (C=O) groups is 3. The van der Waals surface area contributed by atoms with Crippen LogP contribution < -0.4 is 0 Å². The normalized spacial score (nSPS) is 31.2. The molecule has 2 aromatic rings. The van der Waals surface area contributed by atoms with Crippen LogP contribution in [0, 0.1) is 35.0 Å². The van der Waals surface area contributed by atoms with E-state index in [1.54, 1.807) is 0 Å². The highest BCUT2D eigenvalue weighted by Crippen LogP contribution is 2.66. The number of hydrogen-bond acceptors (Lipinski definition) is 3. The van der Waals surface area contributed by atoms with Crippen LogP contribution in [0.4, 0.5) is 0 Å². The molecule has 0 unspecified atom stereocenters. The second kappa shape index (κ2) is 11.3. The van der Waals surface area contributed by atoms with Crippen LogP contribution in [0.3, 0.4) is 0 Å². The molecule has 0 N–H and O–H groups in total. The summed E-state index contributed by atoms with van der Waals surface area (Å²) in [5.74, 6) is 1.73. The van der Waals surface area contributed by atoms with E-state index in [9.17, 15) is 9.59 Å². The lowest BCUT2D eigenvalue weighted by Gasteiger charge is -2.59. The molecule has 0 radical (unpaired) electrons. The Hall–Kier alpha value is -3.07. The van der Waals surface area contributed by atoms with Crippen molar-refractivity contribution in [2.75, 3.05) is 0 Å². The summed E-state index contributed by atoms with van der Waals surface area (Å²) < 4.78 is 0. The lowest BCUT2D eigenvalue weighted by molar-refractivity contribution is -0.134. The Morgan fingerprint density at radius 1 is 0.935 bits per heavy atom. The number of ketones is 3. The van der Waals surface area contributed by atoms with Gasteiger partial charge in [0.05, 0.1) is 11.0 Å². The van der Waals surface area contributed by atoms with Crippen molar-refractivity contribution >= 4 is 17.3 Å². The van der Waals surface area contributed by atoms with E-state index >= 15 is 4.79 Å². The highest BCUT2D eigenvalue weighted by Gasteiger charge is 2.63. The number of carbonyl (C=O) groups excluding carboxylic acids is 3. The van der Waals surface area contributed by atoms with Crippen LogP contribution >= 0.6 is 0 Å². The summed E-state index contributed by atoms with van der Waals surface area (Å²) in [5.41, 5.74) is 9.27. The van der Waals surface area contributed by atoms with E-state index in [4.69, 9.17) is 0 Å². The molecule has 0 heterocycles. The zero-order chi connectivity index (χ0) is 33.5. The van der Waals surface area contributed by atoms with Crippen LogP contribution in [0.15, 0.2) is 52.6 Å². The van der Waals surface area contributed by atoms with Gasteiger partial charge in [-0.2, -0.15) is 0 Å². The SMILES string of the molecule is CC(=O)C1=C(C)C[C@@]2(C)C[C@@]3(C)Cc4c(C(C)C)cc(-c5ccc(CC6CCC(C)CC6)cc5)c(C)c4C(=O)C3=C(C)[C@@]2(C)C1=O. The van der Waals surface area contributed by atoms with Crippen LogP contribution in [0.2, 0.25) is 0 Å². The number of rotatable bonds is 5. The summed E-state index contributed by atoms with van der Waals surface area (Å²) >= 11 is 0. The molecular weight excluding hydrogens is 564 g/mol. The summed E-state index contributed by atoms with van der Waals surface area (Å²) in [4.78, 5) is 42.0. The monoisotopic (exact) mass is 618 g/mol. The molecule has 2 aromatic carbocycles.